The summed E-state index contributed by atoms with van der Waals surface area (Å²) in [6.45, 7) is 7.82. The van der Waals surface area contributed by atoms with Crippen LogP contribution < -0.4 is 15.4 Å². The highest BCUT2D eigenvalue weighted by molar-refractivity contribution is 7.99. The zero-order valence-corrected chi connectivity index (χ0v) is 18.6. The van der Waals surface area contributed by atoms with E-state index in [9.17, 15) is 9.59 Å². The first-order valence-corrected chi connectivity index (χ1v) is 10.7. The molecule has 0 fully saturated rings. The topological polar surface area (TPSA) is 67.4 Å². The van der Waals surface area contributed by atoms with Gasteiger partial charge in [-0.25, -0.2) is 0 Å². The Morgan fingerprint density at radius 2 is 1.83 bits per heavy atom. The number of hydrogen-bond acceptors (Lipinski definition) is 4. The van der Waals surface area contributed by atoms with Crippen LogP contribution in [0.2, 0.25) is 0 Å². The highest BCUT2D eigenvalue weighted by Gasteiger charge is 2.18. The average Bonchev–Trinajstić information content (AvgIpc) is 2.69. The third-order valence-corrected chi connectivity index (χ3v) is 5.93. The van der Waals surface area contributed by atoms with Crippen molar-refractivity contribution in [2.24, 2.45) is 0 Å². The first kappa shape index (κ1) is 22.8. The molecule has 2 unspecified atom stereocenters. The Kier molecular flexibility index (Phi) is 8.58. The van der Waals surface area contributed by atoms with Gasteiger partial charge in [-0.3, -0.25) is 9.59 Å². The predicted molar refractivity (Wildman–Crippen MR) is 120 cm³/mol. The molecule has 0 heterocycles. The van der Waals surface area contributed by atoms with Gasteiger partial charge >= 0.3 is 0 Å². The lowest BCUT2D eigenvalue weighted by Gasteiger charge is -2.19. The van der Waals surface area contributed by atoms with E-state index in [-0.39, 0.29) is 18.2 Å². The molecular formula is C23H30N2O3S. The van der Waals surface area contributed by atoms with Crippen LogP contribution in [0.15, 0.2) is 47.4 Å². The molecule has 2 atom stereocenters. The second-order valence-electron chi connectivity index (χ2n) is 7.09. The minimum absolute atomic E-state index is 0.148. The minimum Gasteiger partial charge on any atom is -0.497 e. The van der Waals surface area contributed by atoms with Crippen molar-refractivity contribution in [2.45, 2.75) is 56.7 Å². The number of methoxy groups -OCH3 is 1. The van der Waals surface area contributed by atoms with Gasteiger partial charge in [0, 0.05) is 22.8 Å². The average molecular weight is 415 g/mol. The molecule has 2 N–H and O–H groups in total. The fourth-order valence-corrected chi connectivity index (χ4v) is 3.91. The van der Waals surface area contributed by atoms with Crippen LogP contribution in [0.4, 0.5) is 5.69 Å². The number of nitrogens with one attached hydrogen (secondary N) is 2. The molecule has 29 heavy (non-hydrogen) atoms. The maximum atomic E-state index is 12.7. The number of ether oxygens (including phenoxy) is 1. The molecule has 0 bridgehead atoms. The van der Waals surface area contributed by atoms with Gasteiger partial charge in [0.05, 0.1) is 19.6 Å². The van der Waals surface area contributed by atoms with Crippen molar-refractivity contribution in [1.82, 2.24) is 5.32 Å². The molecule has 0 spiro atoms. The van der Waals surface area contributed by atoms with Gasteiger partial charge in [0.1, 0.15) is 5.75 Å². The number of benzene rings is 2. The molecule has 0 saturated heterocycles. The Bertz CT molecular complexity index is 837. The standard InChI is InChI=1S/C23H30N2O3S/c1-6-16(3)29-20-11-12-21(15(2)13-20)25-23(27)14-22(24-17(4)26)18-7-9-19(28-5)10-8-18/h7-13,16,22H,6,14H2,1-5H3,(H,24,26)(H,25,27). The molecule has 0 aliphatic rings. The highest BCUT2D eigenvalue weighted by atomic mass is 32.2. The number of thioether (sulfide) groups is 1. The Morgan fingerprint density at radius 1 is 1.14 bits per heavy atom. The number of carbonyl (C=O) groups excluding carboxylic acids is 2. The normalized spacial score (nSPS) is 12.7. The fourth-order valence-electron chi connectivity index (χ4n) is 2.89. The van der Waals surface area contributed by atoms with Gasteiger partial charge in [-0.15, -0.1) is 11.8 Å². The summed E-state index contributed by atoms with van der Waals surface area (Å²) in [5.41, 5.74) is 2.67. The maximum Gasteiger partial charge on any atom is 0.226 e. The van der Waals surface area contributed by atoms with Gasteiger partial charge in [0.25, 0.3) is 0 Å². The summed E-state index contributed by atoms with van der Waals surface area (Å²) in [5, 5.41) is 6.39. The second kappa shape index (κ2) is 10.9. The van der Waals surface area contributed by atoms with E-state index in [1.54, 1.807) is 7.11 Å². The van der Waals surface area contributed by atoms with Crippen LogP contribution in [0.3, 0.4) is 0 Å². The smallest absolute Gasteiger partial charge is 0.226 e. The van der Waals surface area contributed by atoms with Gasteiger partial charge in [-0.2, -0.15) is 0 Å². The second-order valence-corrected chi connectivity index (χ2v) is 8.60. The van der Waals surface area contributed by atoms with E-state index in [1.165, 1.54) is 11.8 Å². The number of hydrogen-bond donors (Lipinski definition) is 2. The van der Waals surface area contributed by atoms with Crippen molar-refractivity contribution in [1.29, 1.82) is 0 Å². The molecule has 0 aromatic heterocycles. The van der Waals surface area contributed by atoms with E-state index in [0.717, 1.165) is 29.0 Å². The van der Waals surface area contributed by atoms with E-state index in [2.05, 4.69) is 30.5 Å². The van der Waals surface area contributed by atoms with E-state index >= 15 is 0 Å². The zero-order chi connectivity index (χ0) is 21.4. The lowest BCUT2D eigenvalue weighted by molar-refractivity contribution is -0.120. The number of amides is 2. The summed E-state index contributed by atoms with van der Waals surface area (Å²) < 4.78 is 5.18. The van der Waals surface area contributed by atoms with Crippen molar-refractivity contribution in [2.75, 3.05) is 12.4 Å². The number of rotatable bonds is 9. The summed E-state index contributed by atoms with van der Waals surface area (Å²) in [5.74, 6) is 0.400. The molecular weight excluding hydrogens is 384 g/mol. The first-order chi connectivity index (χ1) is 13.8. The predicted octanol–water partition coefficient (Wildman–Crippen LogP) is 5.10. The largest absolute Gasteiger partial charge is 0.497 e. The van der Waals surface area contributed by atoms with Crippen LogP contribution in [-0.2, 0) is 9.59 Å². The van der Waals surface area contributed by atoms with Gasteiger partial charge < -0.3 is 15.4 Å². The summed E-state index contributed by atoms with van der Waals surface area (Å²) in [7, 11) is 1.60. The van der Waals surface area contributed by atoms with E-state index in [1.807, 2.05) is 55.1 Å². The van der Waals surface area contributed by atoms with Gasteiger partial charge in [0.2, 0.25) is 11.8 Å². The molecule has 2 amide bonds. The molecule has 0 saturated carbocycles. The van der Waals surface area contributed by atoms with Crippen molar-refractivity contribution < 1.29 is 14.3 Å². The number of anilines is 1. The van der Waals surface area contributed by atoms with Crippen LogP contribution in [0, 0.1) is 6.92 Å². The number of aryl methyl sites for hydroxylation is 1. The van der Waals surface area contributed by atoms with Crippen LogP contribution in [0.25, 0.3) is 0 Å². The maximum absolute atomic E-state index is 12.7. The Hall–Kier alpha value is -2.47. The molecule has 0 radical (unpaired) electrons. The van der Waals surface area contributed by atoms with Crippen LogP contribution in [0.1, 0.15) is 50.8 Å². The third-order valence-electron chi connectivity index (χ3n) is 4.67. The van der Waals surface area contributed by atoms with E-state index in [0.29, 0.717) is 5.25 Å². The van der Waals surface area contributed by atoms with Crippen LogP contribution in [-0.4, -0.2) is 24.2 Å². The lowest BCUT2D eigenvalue weighted by atomic mass is 10.0. The van der Waals surface area contributed by atoms with Crippen molar-refractivity contribution >= 4 is 29.3 Å². The van der Waals surface area contributed by atoms with Crippen LogP contribution >= 0.6 is 11.8 Å². The molecule has 2 rings (SSSR count). The molecule has 0 aliphatic heterocycles. The molecule has 2 aromatic rings. The summed E-state index contributed by atoms with van der Waals surface area (Å²) >= 11 is 1.83. The molecule has 5 nitrogen and oxygen atoms in total. The summed E-state index contributed by atoms with van der Waals surface area (Å²) in [6, 6.07) is 13.0. The Balaban J connectivity index is 2.08. The molecule has 6 heteroatoms. The van der Waals surface area contributed by atoms with Crippen molar-refractivity contribution in [3.63, 3.8) is 0 Å². The van der Waals surface area contributed by atoms with Gasteiger partial charge in [0.15, 0.2) is 0 Å². The van der Waals surface area contributed by atoms with E-state index in [4.69, 9.17) is 4.74 Å². The zero-order valence-electron chi connectivity index (χ0n) is 17.7. The Morgan fingerprint density at radius 3 is 2.38 bits per heavy atom. The highest BCUT2D eigenvalue weighted by Crippen LogP contribution is 2.29. The molecule has 156 valence electrons. The third kappa shape index (κ3) is 7.13. The minimum atomic E-state index is -0.404. The molecule has 2 aromatic carbocycles. The fraction of sp³-hybridized carbons (Fsp3) is 0.391. The van der Waals surface area contributed by atoms with E-state index < -0.39 is 6.04 Å². The monoisotopic (exact) mass is 414 g/mol. The van der Waals surface area contributed by atoms with Crippen molar-refractivity contribution in [3.8, 4) is 5.75 Å². The number of carbonyl (C=O) groups is 2. The van der Waals surface area contributed by atoms with Crippen molar-refractivity contribution in [3.05, 3.63) is 53.6 Å². The Labute approximate surface area is 177 Å². The SMILES string of the molecule is CCC(C)Sc1ccc(NC(=O)CC(NC(C)=O)c2ccc(OC)cc2)c(C)c1. The first-order valence-electron chi connectivity index (χ1n) is 9.80. The summed E-state index contributed by atoms with van der Waals surface area (Å²) in [4.78, 5) is 25.5. The van der Waals surface area contributed by atoms with Crippen LogP contribution in [0.5, 0.6) is 5.75 Å². The van der Waals surface area contributed by atoms with Gasteiger partial charge in [-0.1, -0.05) is 26.0 Å². The lowest BCUT2D eigenvalue weighted by Crippen LogP contribution is -2.29. The molecule has 0 aliphatic carbocycles. The summed E-state index contributed by atoms with van der Waals surface area (Å²) in [6.07, 6.45) is 1.26. The quantitative estimate of drug-likeness (QED) is 0.560. The van der Waals surface area contributed by atoms with Gasteiger partial charge in [-0.05, 0) is 54.8 Å².